The number of pyridine rings is 2. The Bertz CT molecular complexity index is 1320. The first-order valence-corrected chi connectivity index (χ1v) is 12.7. The van der Waals surface area contributed by atoms with Gasteiger partial charge in [-0.05, 0) is 96.9 Å². The molecule has 0 radical (unpaired) electrons. The number of hydrogen-bond donors (Lipinski definition) is 0. The summed E-state index contributed by atoms with van der Waals surface area (Å²) in [6.45, 7) is 0. The average Bonchev–Trinajstić information content (AvgIpc) is 2.80. The summed E-state index contributed by atoms with van der Waals surface area (Å²) in [7, 11) is 0. The van der Waals surface area contributed by atoms with Crippen molar-refractivity contribution >= 4 is 89.2 Å². The molecule has 2 aromatic heterocycles. The molecule has 2 heterocycles. The number of halogens is 5. The second kappa shape index (κ2) is 12.2. The molecule has 4 aromatic rings. The molecular weight excluding hydrogens is 706 g/mol. The van der Waals surface area contributed by atoms with Crippen LogP contribution in [0.3, 0.4) is 0 Å². The third-order valence-corrected chi connectivity index (χ3v) is 6.75. The monoisotopic (exact) mass is 716 g/mol. The Morgan fingerprint density at radius 1 is 0.697 bits per heavy atom. The first-order chi connectivity index (χ1) is 15.8. The smallest absolute Gasteiger partial charge is 0.197 e. The van der Waals surface area contributed by atoms with E-state index in [1.165, 1.54) is 6.20 Å². The summed E-state index contributed by atoms with van der Waals surface area (Å²) >= 11 is 20.5. The van der Waals surface area contributed by atoms with Gasteiger partial charge >= 0.3 is 0 Å². The van der Waals surface area contributed by atoms with E-state index < -0.39 is 0 Å². The quantitative estimate of drug-likeness (QED) is 0.122. The van der Waals surface area contributed by atoms with Crippen LogP contribution in [0, 0.1) is 3.57 Å². The molecule has 0 N–H and O–H groups in total. The zero-order valence-electron chi connectivity index (χ0n) is 16.6. The van der Waals surface area contributed by atoms with Crippen LogP contribution in [0.1, 0.15) is 31.8 Å². The summed E-state index contributed by atoms with van der Waals surface area (Å²) in [4.78, 5) is 32.4. The van der Waals surface area contributed by atoms with Crippen LogP contribution in [0.2, 0.25) is 10.0 Å². The van der Waals surface area contributed by atoms with E-state index >= 15 is 0 Å². The third kappa shape index (κ3) is 6.93. The summed E-state index contributed by atoms with van der Waals surface area (Å²) in [5.41, 5.74) is 2.07. The van der Waals surface area contributed by atoms with Gasteiger partial charge in [0.15, 0.2) is 11.6 Å². The number of ketones is 2. The van der Waals surface area contributed by atoms with Crippen molar-refractivity contribution in [2.75, 3.05) is 0 Å². The van der Waals surface area contributed by atoms with Gasteiger partial charge in [0.1, 0.15) is 9.21 Å². The number of aromatic nitrogens is 2. The summed E-state index contributed by atoms with van der Waals surface area (Å²) in [5, 5.41) is 0.909. The van der Waals surface area contributed by atoms with Crippen LogP contribution in [-0.4, -0.2) is 21.5 Å². The fourth-order valence-electron chi connectivity index (χ4n) is 2.68. The molecule has 9 heteroatoms. The van der Waals surface area contributed by atoms with Gasteiger partial charge in [-0.15, -0.1) is 0 Å². The van der Waals surface area contributed by atoms with Crippen LogP contribution in [0.15, 0.2) is 88.3 Å². The minimum Gasteiger partial charge on any atom is -0.288 e. The normalized spacial score (nSPS) is 10.2. The van der Waals surface area contributed by atoms with Crippen LogP contribution < -0.4 is 0 Å². The third-order valence-electron chi connectivity index (χ3n) is 4.29. The van der Waals surface area contributed by atoms with E-state index in [2.05, 4.69) is 64.4 Å². The predicted octanol–water partition coefficient (Wildman–Crippen LogP) is 8.06. The van der Waals surface area contributed by atoms with Crippen LogP contribution in [0.5, 0.6) is 0 Å². The molecule has 4 nitrogen and oxygen atoms in total. The number of hydrogen-bond acceptors (Lipinski definition) is 4. The van der Waals surface area contributed by atoms with Crippen LogP contribution >= 0.6 is 77.7 Å². The second-order valence-electron chi connectivity index (χ2n) is 6.47. The molecule has 0 amide bonds. The maximum atomic E-state index is 12.3. The van der Waals surface area contributed by atoms with Crippen LogP contribution in [0.4, 0.5) is 0 Å². The number of carbonyl (C=O) groups excluding carboxylic acids is 2. The lowest BCUT2D eigenvalue weighted by Crippen LogP contribution is -2.05. The SMILES string of the molecule is O=C(c1ccc(Br)nc1)c1ccccc1Cl.O=C(c1ccccc1Cl)c1cnc(Br)cc1I. The highest BCUT2D eigenvalue weighted by atomic mass is 127. The molecule has 0 spiro atoms. The van der Waals surface area contributed by atoms with Crippen molar-refractivity contribution in [2.45, 2.75) is 0 Å². The van der Waals surface area contributed by atoms with E-state index in [9.17, 15) is 9.59 Å². The van der Waals surface area contributed by atoms with Crippen molar-refractivity contribution < 1.29 is 9.59 Å². The van der Waals surface area contributed by atoms with E-state index in [1.54, 1.807) is 72.9 Å². The average molecular weight is 719 g/mol. The summed E-state index contributed by atoms with van der Waals surface area (Å²) in [6.07, 6.45) is 3.08. The maximum Gasteiger partial charge on any atom is 0.197 e. The van der Waals surface area contributed by atoms with Gasteiger partial charge in [0.05, 0.1) is 15.6 Å². The standard InChI is InChI=1S/C12H6BrClINO.C12H7BrClNO/c13-11-5-10(15)8(6-16-11)12(17)7-3-1-2-4-9(7)14;13-11-6-5-8(7-15-11)12(16)9-3-1-2-4-10(9)14/h1-6H;1-7H. The lowest BCUT2D eigenvalue weighted by Gasteiger charge is -2.05. The van der Waals surface area contributed by atoms with Crippen molar-refractivity contribution in [3.05, 3.63) is 124 Å². The highest BCUT2D eigenvalue weighted by molar-refractivity contribution is 14.1. The molecule has 4 rings (SSSR count). The minimum atomic E-state index is -0.120. The molecule has 0 bridgehead atoms. The van der Waals surface area contributed by atoms with Crippen LogP contribution in [0.25, 0.3) is 0 Å². The Hall–Kier alpha value is -1.65. The van der Waals surface area contributed by atoms with Crippen molar-refractivity contribution in [3.8, 4) is 0 Å². The van der Waals surface area contributed by atoms with Crippen LogP contribution in [-0.2, 0) is 0 Å². The topological polar surface area (TPSA) is 59.9 Å². The lowest BCUT2D eigenvalue weighted by molar-refractivity contribution is 0.103. The van der Waals surface area contributed by atoms with Gasteiger partial charge in [0, 0.05) is 32.7 Å². The van der Waals surface area contributed by atoms with E-state index in [1.807, 2.05) is 0 Å². The van der Waals surface area contributed by atoms with E-state index in [4.69, 9.17) is 23.2 Å². The predicted molar refractivity (Wildman–Crippen MR) is 146 cm³/mol. The Morgan fingerprint density at radius 3 is 1.76 bits per heavy atom. The van der Waals surface area contributed by atoms with Gasteiger partial charge in [0.2, 0.25) is 0 Å². The molecule has 0 unspecified atom stereocenters. The molecule has 0 aliphatic heterocycles. The van der Waals surface area contributed by atoms with E-state index in [0.29, 0.717) is 41.5 Å². The first-order valence-electron chi connectivity index (χ1n) is 9.29. The molecular formula is C24H13Br2Cl2IN2O2. The number of benzene rings is 2. The summed E-state index contributed by atoms with van der Waals surface area (Å²) in [5.74, 6) is -0.231. The maximum absolute atomic E-state index is 12.3. The Labute approximate surface area is 231 Å². The van der Waals surface area contributed by atoms with Gasteiger partial charge in [-0.1, -0.05) is 47.5 Å². The summed E-state index contributed by atoms with van der Waals surface area (Å²) in [6, 6.07) is 19.2. The molecule has 0 saturated carbocycles. The van der Waals surface area contributed by atoms with E-state index in [-0.39, 0.29) is 11.6 Å². The van der Waals surface area contributed by atoms with E-state index in [0.717, 1.165) is 3.57 Å². The van der Waals surface area contributed by atoms with Gasteiger partial charge in [-0.2, -0.15) is 0 Å². The van der Waals surface area contributed by atoms with Gasteiger partial charge in [-0.25, -0.2) is 9.97 Å². The molecule has 2 aromatic carbocycles. The second-order valence-corrected chi connectivity index (χ2v) is 10.1. The zero-order chi connectivity index (χ0) is 24.0. The Morgan fingerprint density at radius 2 is 1.24 bits per heavy atom. The largest absolute Gasteiger partial charge is 0.288 e. The molecule has 0 atom stereocenters. The summed E-state index contributed by atoms with van der Waals surface area (Å²) < 4.78 is 2.25. The lowest BCUT2D eigenvalue weighted by atomic mass is 10.1. The molecule has 0 aliphatic carbocycles. The van der Waals surface area contributed by atoms with Gasteiger partial charge < -0.3 is 0 Å². The van der Waals surface area contributed by atoms with Crippen molar-refractivity contribution in [1.82, 2.24) is 9.97 Å². The number of nitrogens with zero attached hydrogens (tertiary/aromatic N) is 2. The number of rotatable bonds is 4. The minimum absolute atomic E-state index is 0.111. The zero-order valence-corrected chi connectivity index (χ0v) is 23.4. The molecule has 0 fully saturated rings. The van der Waals surface area contributed by atoms with Crippen molar-refractivity contribution in [2.24, 2.45) is 0 Å². The molecule has 0 aliphatic rings. The molecule has 166 valence electrons. The molecule has 0 saturated heterocycles. The Balaban J connectivity index is 0.000000186. The molecule has 33 heavy (non-hydrogen) atoms. The van der Waals surface area contributed by atoms with Gasteiger partial charge in [0.25, 0.3) is 0 Å². The highest BCUT2D eigenvalue weighted by Gasteiger charge is 2.16. The first kappa shape index (κ1) is 26.0. The Kier molecular flexibility index (Phi) is 9.57. The fourth-order valence-corrected chi connectivity index (χ4v) is 4.79. The number of carbonyl (C=O) groups is 2. The highest BCUT2D eigenvalue weighted by Crippen LogP contribution is 2.23. The van der Waals surface area contributed by atoms with Gasteiger partial charge in [-0.3, -0.25) is 9.59 Å². The van der Waals surface area contributed by atoms with Crippen molar-refractivity contribution in [1.29, 1.82) is 0 Å². The fraction of sp³-hybridized carbons (Fsp3) is 0. The van der Waals surface area contributed by atoms with Crippen molar-refractivity contribution in [3.63, 3.8) is 0 Å².